The highest BCUT2D eigenvalue weighted by Gasteiger charge is 2.21. The van der Waals surface area contributed by atoms with Gasteiger partial charge >= 0.3 is 0 Å². The van der Waals surface area contributed by atoms with Crippen LogP contribution in [0.3, 0.4) is 0 Å². The van der Waals surface area contributed by atoms with Crippen molar-refractivity contribution in [2.24, 2.45) is 0 Å². The third kappa shape index (κ3) is 3.17. The molecule has 2 aromatic heterocycles. The Bertz CT molecular complexity index is 887. The SMILES string of the molecule is COCc1nc(OC)cc(N2CCN(c3cccc4[nH]ccc34)CC2)n1. The lowest BCUT2D eigenvalue weighted by Gasteiger charge is -2.37. The van der Waals surface area contributed by atoms with Crippen LogP contribution in [0.1, 0.15) is 5.82 Å². The molecule has 26 heavy (non-hydrogen) atoms. The smallest absolute Gasteiger partial charge is 0.218 e. The van der Waals surface area contributed by atoms with E-state index in [1.54, 1.807) is 14.2 Å². The second-order valence-electron chi connectivity index (χ2n) is 6.31. The molecule has 0 saturated carbocycles. The Morgan fingerprint density at radius 3 is 2.62 bits per heavy atom. The zero-order valence-corrected chi connectivity index (χ0v) is 15.1. The molecule has 0 aliphatic carbocycles. The van der Waals surface area contributed by atoms with Crippen LogP contribution in [-0.2, 0) is 11.3 Å². The molecule has 136 valence electrons. The summed E-state index contributed by atoms with van der Waals surface area (Å²) in [6, 6.07) is 10.4. The van der Waals surface area contributed by atoms with E-state index in [9.17, 15) is 0 Å². The molecule has 4 rings (SSSR count). The molecule has 7 nitrogen and oxygen atoms in total. The fourth-order valence-electron chi connectivity index (χ4n) is 3.44. The lowest BCUT2D eigenvalue weighted by Crippen LogP contribution is -2.47. The number of benzene rings is 1. The Kier molecular flexibility index (Phi) is 4.62. The molecule has 1 aliphatic heterocycles. The van der Waals surface area contributed by atoms with Crippen molar-refractivity contribution < 1.29 is 9.47 Å². The maximum atomic E-state index is 5.32. The highest BCUT2D eigenvalue weighted by molar-refractivity contribution is 5.92. The van der Waals surface area contributed by atoms with Gasteiger partial charge in [0.2, 0.25) is 5.88 Å². The van der Waals surface area contributed by atoms with Gasteiger partial charge in [-0.3, -0.25) is 0 Å². The first kappa shape index (κ1) is 16.7. The zero-order valence-electron chi connectivity index (χ0n) is 15.1. The Morgan fingerprint density at radius 1 is 1.04 bits per heavy atom. The van der Waals surface area contributed by atoms with E-state index in [1.165, 1.54) is 16.6 Å². The number of anilines is 2. The molecule has 0 spiro atoms. The van der Waals surface area contributed by atoms with Gasteiger partial charge < -0.3 is 24.3 Å². The first-order valence-electron chi connectivity index (χ1n) is 8.75. The number of H-pyrrole nitrogens is 1. The molecule has 7 heteroatoms. The van der Waals surface area contributed by atoms with Crippen LogP contribution in [0.4, 0.5) is 11.5 Å². The molecule has 3 aromatic rings. The van der Waals surface area contributed by atoms with Crippen LogP contribution < -0.4 is 14.5 Å². The second kappa shape index (κ2) is 7.21. The molecule has 1 aromatic carbocycles. The number of ether oxygens (including phenoxy) is 2. The lowest BCUT2D eigenvalue weighted by atomic mass is 10.1. The van der Waals surface area contributed by atoms with Gasteiger partial charge in [0.1, 0.15) is 12.4 Å². The van der Waals surface area contributed by atoms with Crippen molar-refractivity contribution in [2.75, 3.05) is 50.2 Å². The number of aromatic amines is 1. The van der Waals surface area contributed by atoms with E-state index in [2.05, 4.69) is 49.0 Å². The Labute approximate surface area is 152 Å². The summed E-state index contributed by atoms with van der Waals surface area (Å²) in [5.74, 6) is 2.10. The molecule has 0 unspecified atom stereocenters. The van der Waals surface area contributed by atoms with Gasteiger partial charge in [0.15, 0.2) is 5.82 Å². The fourth-order valence-corrected chi connectivity index (χ4v) is 3.44. The van der Waals surface area contributed by atoms with Gasteiger partial charge in [-0.2, -0.15) is 4.98 Å². The Morgan fingerprint density at radius 2 is 1.85 bits per heavy atom. The number of piperazine rings is 1. The highest BCUT2D eigenvalue weighted by atomic mass is 16.5. The molecule has 1 fully saturated rings. The third-order valence-corrected chi connectivity index (χ3v) is 4.73. The fraction of sp³-hybridized carbons (Fsp3) is 0.368. The quantitative estimate of drug-likeness (QED) is 0.760. The predicted octanol–water partition coefficient (Wildman–Crippen LogP) is 2.44. The van der Waals surface area contributed by atoms with Crippen LogP contribution in [0.25, 0.3) is 10.9 Å². The number of rotatable bonds is 5. The average molecular weight is 353 g/mol. The molecule has 0 bridgehead atoms. The molecule has 1 saturated heterocycles. The number of fused-ring (bicyclic) bond motifs is 1. The number of hydrogen-bond donors (Lipinski definition) is 1. The van der Waals surface area contributed by atoms with Crippen molar-refractivity contribution in [1.82, 2.24) is 15.0 Å². The molecule has 0 amide bonds. The number of nitrogens with zero attached hydrogens (tertiary/aromatic N) is 4. The predicted molar refractivity (Wildman–Crippen MR) is 102 cm³/mol. The lowest BCUT2D eigenvalue weighted by molar-refractivity contribution is 0.177. The van der Waals surface area contributed by atoms with Crippen molar-refractivity contribution in [1.29, 1.82) is 0 Å². The maximum absolute atomic E-state index is 5.32. The van der Waals surface area contributed by atoms with Crippen molar-refractivity contribution in [2.45, 2.75) is 6.61 Å². The van der Waals surface area contributed by atoms with Gasteiger partial charge in [-0.25, -0.2) is 4.98 Å². The molecule has 0 atom stereocenters. The summed E-state index contributed by atoms with van der Waals surface area (Å²) in [6.07, 6.45) is 1.99. The summed E-state index contributed by atoms with van der Waals surface area (Å²) in [5, 5.41) is 1.27. The zero-order chi connectivity index (χ0) is 17.9. The summed E-state index contributed by atoms with van der Waals surface area (Å²) in [4.78, 5) is 16.9. The largest absolute Gasteiger partial charge is 0.481 e. The van der Waals surface area contributed by atoms with E-state index in [0.29, 0.717) is 18.3 Å². The summed E-state index contributed by atoms with van der Waals surface area (Å²) >= 11 is 0. The minimum absolute atomic E-state index is 0.375. The molecule has 3 heterocycles. The minimum Gasteiger partial charge on any atom is -0.481 e. The Balaban J connectivity index is 1.52. The monoisotopic (exact) mass is 353 g/mol. The van der Waals surface area contributed by atoms with E-state index in [4.69, 9.17) is 9.47 Å². The van der Waals surface area contributed by atoms with Crippen LogP contribution in [0.5, 0.6) is 5.88 Å². The average Bonchev–Trinajstić information content (AvgIpc) is 3.17. The number of methoxy groups -OCH3 is 2. The summed E-state index contributed by atoms with van der Waals surface area (Å²) < 4.78 is 10.5. The van der Waals surface area contributed by atoms with Crippen LogP contribution >= 0.6 is 0 Å². The Hall–Kier alpha value is -2.80. The first-order chi connectivity index (χ1) is 12.8. The van der Waals surface area contributed by atoms with Crippen LogP contribution in [0, 0.1) is 0 Å². The van der Waals surface area contributed by atoms with Gasteiger partial charge in [-0.05, 0) is 18.2 Å². The summed E-state index contributed by atoms with van der Waals surface area (Å²) in [6.45, 7) is 4.05. The minimum atomic E-state index is 0.375. The normalized spacial score (nSPS) is 14.8. The molecule has 1 N–H and O–H groups in total. The van der Waals surface area contributed by atoms with Crippen molar-refractivity contribution in [3.63, 3.8) is 0 Å². The topological polar surface area (TPSA) is 66.5 Å². The number of aromatic nitrogens is 3. The summed E-state index contributed by atoms with van der Waals surface area (Å²) in [5.41, 5.74) is 2.46. The van der Waals surface area contributed by atoms with Gasteiger partial charge in [-0.15, -0.1) is 0 Å². The van der Waals surface area contributed by atoms with Gasteiger partial charge in [-0.1, -0.05) is 6.07 Å². The van der Waals surface area contributed by atoms with Gasteiger partial charge in [0.05, 0.1) is 7.11 Å². The summed E-state index contributed by atoms with van der Waals surface area (Å²) in [7, 11) is 3.26. The molecule has 0 radical (unpaired) electrons. The van der Waals surface area contributed by atoms with E-state index < -0.39 is 0 Å². The third-order valence-electron chi connectivity index (χ3n) is 4.73. The van der Waals surface area contributed by atoms with Crippen molar-refractivity contribution >= 4 is 22.4 Å². The molecular formula is C19H23N5O2. The first-order valence-corrected chi connectivity index (χ1v) is 8.75. The standard InChI is InChI=1S/C19H23N5O2/c1-25-13-17-21-18(12-19(22-17)26-2)24-10-8-23(9-11-24)16-5-3-4-15-14(16)6-7-20-15/h3-7,12,20H,8-11,13H2,1-2H3. The maximum Gasteiger partial charge on any atom is 0.218 e. The number of nitrogens with one attached hydrogen (secondary N) is 1. The van der Waals surface area contributed by atoms with E-state index >= 15 is 0 Å². The van der Waals surface area contributed by atoms with Gasteiger partial charge in [0, 0.05) is 62.1 Å². The van der Waals surface area contributed by atoms with Gasteiger partial charge in [0.25, 0.3) is 0 Å². The van der Waals surface area contributed by atoms with Crippen LogP contribution in [0.15, 0.2) is 36.5 Å². The molecular weight excluding hydrogens is 330 g/mol. The van der Waals surface area contributed by atoms with E-state index in [-0.39, 0.29) is 0 Å². The number of hydrogen-bond acceptors (Lipinski definition) is 6. The van der Waals surface area contributed by atoms with Crippen LogP contribution in [-0.4, -0.2) is 55.4 Å². The van der Waals surface area contributed by atoms with E-state index in [1.807, 2.05) is 12.3 Å². The highest BCUT2D eigenvalue weighted by Crippen LogP contribution is 2.28. The van der Waals surface area contributed by atoms with E-state index in [0.717, 1.165) is 32.0 Å². The molecule has 1 aliphatic rings. The van der Waals surface area contributed by atoms with Crippen molar-refractivity contribution in [3.8, 4) is 5.88 Å². The van der Waals surface area contributed by atoms with Crippen molar-refractivity contribution in [3.05, 3.63) is 42.4 Å². The van der Waals surface area contributed by atoms with Crippen LogP contribution in [0.2, 0.25) is 0 Å². The second-order valence-corrected chi connectivity index (χ2v) is 6.31.